The van der Waals surface area contributed by atoms with Crippen LogP contribution in [-0.2, 0) is 4.79 Å². The normalized spacial score (nSPS) is 11.4. The monoisotopic (exact) mass is 265 g/mol. The Kier molecular flexibility index (Phi) is 6.14. The van der Waals surface area contributed by atoms with Gasteiger partial charge in [-0.2, -0.15) is 0 Å². The van der Waals surface area contributed by atoms with E-state index >= 15 is 0 Å². The molecule has 1 rings (SSSR count). The molecule has 0 unspecified atom stereocenters. The summed E-state index contributed by atoms with van der Waals surface area (Å²) in [6.45, 7) is 3.96. The molecule has 0 fully saturated rings. The Balaban J connectivity index is 2.34. The first kappa shape index (κ1) is 14.4. The summed E-state index contributed by atoms with van der Waals surface area (Å²) in [5.74, 6) is -0.0611. The molecule has 0 spiro atoms. The molecule has 1 aromatic carbocycles. The van der Waals surface area contributed by atoms with Gasteiger partial charge in [-0.05, 0) is 31.1 Å². The van der Waals surface area contributed by atoms with Crippen molar-refractivity contribution in [1.82, 2.24) is 16.2 Å². The van der Waals surface area contributed by atoms with Crippen molar-refractivity contribution in [2.45, 2.75) is 32.7 Å². The Hall–Kier alpha value is -1.62. The van der Waals surface area contributed by atoms with Crippen LogP contribution in [0.5, 0.6) is 0 Å². The third-order valence-electron chi connectivity index (χ3n) is 2.44. The molecule has 4 nitrogen and oxygen atoms in total. The third kappa shape index (κ3) is 5.14. The van der Waals surface area contributed by atoms with E-state index in [1.165, 1.54) is 0 Å². The first-order valence-electron chi connectivity index (χ1n) is 6.03. The number of carbonyl (C=O) groups is 1. The number of hydrogen-bond donors (Lipinski definition) is 3. The molecule has 0 aromatic heterocycles. The van der Waals surface area contributed by atoms with Crippen molar-refractivity contribution in [1.29, 1.82) is 0 Å². The number of carbonyl (C=O) groups excluding carboxylic acids is 1. The predicted molar refractivity (Wildman–Crippen MR) is 76.8 cm³/mol. The fourth-order valence-electron chi connectivity index (χ4n) is 1.47. The molecule has 1 aromatic rings. The van der Waals surface area contributed by atoms with E-state index in [1.54, 1.807) is 0 Å². The standard InChI is InChI=1S/C13H19N3OS/c1-3-7-12(17)15-16-13(18)14-10(2)11-8-5-4-6-9-11/h4-6,8-10H,3,7H2,1-2H3,(H,15,17)(H2,14,16,18)/t10-/m1/s1. The lowest BCUT2D eigenvalue weighted by molar-refractivity contribution is -0.121. The molecule has 0 aliphatic rings. The van der Waals surface area contributed by atoms with Crippen LogP contribution in [-0.4, -0.2) is 11.0 Å². The lowest BCUT2D eigenvalue weighted by atomic mass is 10.1. The van der Waals surface area contributed by atoms with Crippen molar-refractivity contribution >= 4 is 23.2 Å². The Morgan fingerprint density at radius 1 is 1.28 bits per heavy atom. The van der Waals surface area contributed by atoms with Gasteiger partial charge in [0.2, 0.25) is 5.91 Å². The molecule has 18 heavy (non-hydrogen) atoms. The van der Waals surface area contributed by atoms with Crippen molar-refractivity contribution in [2.75, 3.05) is 0 Å². The van der Waals surface area contributed by atoms with Crippen molar-refractivity contribution in [2.24, 2.45) is 0 Å². The largest absolute Gasteiger partial charge is 0.355 e. The molecule has 0 bridgehead atoms. The van der Waals surface area contributed by atoms with E-state index in [1.807, 2.05) is 44.2 Å². The highest BCUT2D eigenvalue weighted by Gasteiger charge is 2.06. The van der Waals surface area contributed by atoms with Gasteiger partial charge in [0.15, 0.2) is 5.11 Å². The molecule has 3 N–H and O–H groups in total. The fraction of sp³-hybridized carbons (Fsp3) is 0.385. The zero-order chi connectivity index (χ0) is 13.4. The minimum absolute atomic E-state index is 0.0611. The highest BCUT2D eigenvalue weighted by molar-refractivity contribution is 7.80. The van der Waals surface area contributed by atoms with E-state index in [0.717, 1.165) is 12.0 Å². The summed E-state index contributed by atoms with van der Waals surface area (Å²) in [5.41, 5.74) is 6.38. The Bertz CT molecular complexity index is 394. The maximum atomic E-state index is 11.2. The maximum absolute atomic E-state index is 11.2. The van der Waals surface area contributed by atoms with Crippen LogP contribution in [0.1, 0.15) is 38.3 Å². The van der Waals surface area contributed by atoms with E-state index in [4.69, 9.17) is 12.2 Å². The molecule has 1 amide bonds. The minimum Gasteiger partial charge on any atom is -0.355 e. The summed E-state index contributed by atoms with van der Waals surface area (Å²) < 4.78 is 0. The molecular weight excluding hydrogens is 246 g/mol. The highest BCUT2D eigenvalue weighted by Crippen LogP contribution is 2.10. The van der Waals surface area contributed by atoms with Crippen LogP contribution >= 0.6 is 12.2 Å². The van der Waals surface area contributed by atoms with Crippen LogP contribution in [0.15, 0.2) is 30.3 Å². The highest BCUT2D eigenvalue weighted by atomic mass is 32.1. The Morgan fingerprint density at radius 3 is 2.56 bits per heavy atom. The summed E-state index contributed by atoms with van der Waals surface area (Å²) in [4.78, 5) is 11.2. The molecule has 0 aliphatic carbocycles. The smallest absolute Gasteiger partial charge is 0.238 e. The molecule has 0 aliphatic heterocycles. The van der Waals surface area contributed by atoms with Gasteiger partial charge in [-0.25, -0.2) is 0 Å². The Morgan fingerprint density at radius 2 is 1.94 bits per heavy atom. The van der Waals surface area contributed by atoms with Gasteiger partial charge in [0.05, 0.1) is 6.04 Å². The maximum Gasteiger partial charge on any atom is 0.238 e. The van der Waals surface area contributed by atoms with Crippen LogP contribution in [0.4, 0.5) is 0 Å². The zero-order valence-electron chi connectivity index (χ0n) is 10.7. The predicted octanol–water partition coefficient (Wildman–Crippen LogP) is 2.04. The Labute approximate surface area is 113 Å². The van der Waals surface area contributed by atoms with Gasteiger partial charge < -0.3 is 5.32 Å². The summed E-state index contributed by atoms with van der Waals surface area (Å²) in [6, 6.07) is 10.1. The average molecular weight is 265 g/mol. The van der Waals surface area contributed by atoms with Gasteiger partial charge >= 0.3 is 0 Å². The SMILES string of the molecule is CCCC(=O)NNC(=S)N[C@H](C)c1ccccc1. The number of benzene rings is 1. The molecule has 0 saturated heterocycles. The molecule has 0 saturated carbocycles. The topological polar surface area (TPSA) is 53.2 Å². The summed E-state index contributed by atoms with van der Waals surface area (Å²) in [7, 11) is 0. The molecular formula is C13H19N3OS. The second kappa shape index (κ2) is 7.66. The van der Waals surface area contributed by atoms with Crippen molar-refractivity contribution in [3.8, 4) is 0 Å². The third-order valence-corrected chi connectivity index (χ3v) is 2.66. The van der Waals surface area contributed by atoms with Crippen molar-refractivity contribution in [3.63, 3.8) is 0 Å². The molecule has 98 valence electrons. The van der Waals surface area contributed by atoms with E-state index in [2.05, 4.69) is 16.2 Å². The molecule has 0 radical (unpaired) electrons. The molecule has 5 heteroatoms. The second-order valence-corrected chi connectivity index (χ2v) is 4.44. The number of thiocarbonyl (C=S) groups is 1. The van der Waals surface area contributed by atoms with Crippen LogP contribution in [0.2, 0.25) is 0 Å². The van der Waals surface area contributed by atoms with Gasteiger partial charge in [0.25, 0.3) is 0 Å². The summed E-state index contributed by atoms with van der Waals surface area (Å²) in [5, 5.41) is 3.51. The van der Waals surface area contributed by atoms with Gasteiger partial charge in [0, 0.05) is 6.42 Å². The zero-order valence-corrected chi connectivity index (χ0v) is 11.5. The lowest BCUT2D eigenvalue weighted by Crippen LogP contribution is -2.47. The van der Waals surface area contributed by atoms with E-state index in [0.29, 0.717) is 11.5 Å². The van der Waals surface area contributed by atoms with Crippen LogP contribution in [0.25, 0.3) is 0 Å². The lowest BCUT2D eigenvalue weighted by Gasteiger charge is -2.17. The van der Waals surface area contributed by atoms with Crippen LogP contribution < -0.4 is 16.2 Å². The van der Waals surface area contributed by atoms with Gasteiger partial charge in [-0.3, -0.25) is 15.6 Å². The van der Waals surface area contributed by atoms with Gasteiger partial charge in [0.1, 0.15) is 0 Å². The number of rotatable bonds is 4. The van der Waals surface area contributed by atoms with E-state index < -0.39 is 0 Å². The number of amides is 1. The second-order valence-electron chi connectivity index (χ2n) is 4.03. The average Bonchev–Trinajstić information content (AvgIpc) is 2.38. The number of hydrogen-bond acceptors (Lipinski definition) is 2. The number of nitrogens with one attached hydrogen (secondary N) is 3. The van der Waals surface area contributed by atoms with Crippen molar-refractivity contribution in [3.05, 3.63) is 35.9 Å². The quantitative estimate of drug-likeness (QED) is 0.576. The molecule has 0 heterocycles. The van der Waals surface area contributed by atoms with E-state index in [-0.39, 0.29) is 11.9 Å². The van der Waals surface area contributed by atoms with Crippen molar-refractivity contribution < 1.29 is 4.79 Å². The van der Waals surface area contributed by atoms with Gasteiger partial charge in [-0.15, -0.1) is 0 Å². The fourth-order valence-corrected chi connectivity index (χ4v) is 1.70. The first-order valence-corrected chi connectivity index (χ1v) is 6.44. The summed E-state index contributed by atoms with van der Waals surface area (Å²) >= 11 is 5.10. The first-order chi connectivity index (χ1) is 8.63. The van der Waals surface area contributed by atoms with Crippen LogP contribution in [0, 0.1) is 0 Å². The van der Waals surface area contributed by atoms with Gasteiger partial charge in [-0.1, -0.05) is 37.3 Å². The summed E-state index contributed by atoms with van der Waals surface area (Å²) in [6.07, 6.45) is 1.30. The van der Waals surface area contributed by atoms with Crippen LogP contribution in [0.3, 0.4) is 0 Å². The number of hydrazine groups is 1. The minimum atomic E-state index is -0.0611. The van der Waals surface area contributed by atoms with E-state index in [9.17, 15) is 4.79 Å². The molecule has 1 atom stereocenters.